The van der Waals surface area contributed by atoms with E-state index in [1.54, 1.807) is 19.1 Å². The molecule has 1 unspecified atom stereocenters. The number of carbonyl (C=O) groups is 2. The van der Waals surface area contributed by atoms with Crippen molar-refractivity contribution < 1.29 is 22.4 Å². The van der Waals surface area contributed by atoms with E-state index in [2.05, 4.69) is 25.6 Å². The van der Waals surface area contributed by atoms with Crippen LogP contribution < -0.4 is 5.32 Å². The zero-order valence-electron chi connectivity index (χ0n) is 15.7. The molecule has 30 heavy (non-hydrogen) atoms. The van der Waals surface area contributed by atoms with E-state index in [4.69, 9.17) is 0 Å². The summed E-state index contributed by atoms with van der Waals surface area (Å²) in [5.41, 5.74) is 0.399. The summed E-state index contributed by atoms with van der Waals surface area (Å²) in [5, 5.41) is 1.82. The molecule has 0 bridgehead atoms. The van der Waals surface area contributed by atoms with E-state index in [-0.39, 0.29) is 28.9 Å². The SMILES string of the molecule is CCN1C(=O)C(CC(=O)Nc2ccc(F)cc2)SC1=NS(=O)(=O)c1ccc(Br)cc1. The van der Waals surface area contributed by atoms with E-state index >= 15 is 0 Å². The van der Waals surface area contributed by atoms with Crippen LogP contribution >= 0.6 is 27.7 Å². The van der Waals surface area contributed by atoms with Gasteiger partial charge in [-0.05, 0) is 55.5 Å². The molecule has 1 aliphatic rings. The number of hydrogen-bond donors (Lipinski definition) is 1. The zero-order valence-corrected chi connectivity index (χ0v) is 18.9. The van der Waals surface area contributed by atoms with Crippen LogP contribution in [0.25, 0.3) is 0 Å². The molecule has 1 atom stereocenters. The molecule has 1 N–H and O–H groups in total. The third-order valence-electron chi connectivity index (χ3n) is 4.14. The number of anilines is 1. The van der Waals surface area contributed by atoms with Gasteiger partial charge in [0.1, 0.15) is 11.1 Å². The average molecular weight is 514 g/mol. The summed E-state index contributed by atoms with van der Waals surface area (Å²) in [6.45, 7) is 1.91. The van der Waals surface area contributed by atoms with Crippen molar-refractivity contribution in [2.45, 2.75) is 23.5 Å². The van der Waals surface area contributed by atoms with E-state index in [1.165, 1.54) is 41.3 Å². The summed E-state index contributed by atoms with van der Waals surface area (Å²) in [4.78, 5) is 26.2. The molecule has 1 fully saturated rings. The van der Waals surface area contributed by atoms with Crippen LogP contribution in [0, 0.1) is 5.82 Å². The van der Waals surface area contributed by atoms with Crippen molar-refractivity contribution in [1.29, 1.82) is 0 Å². The van der Waals surface area contributed by atoms with Gasteiger partial charge >= 0.3 is 0 Å². The van der Waals surface area contributed by atoms with E-state index in [0.717, 1.165) is 16.2 Å². The van der Waals surface area contributed by atoms with E-state index in [9.17, 15) is 22.4 Å². The molecule has 1 heterocycles. The Morgan fingerprint density at radius 2 is 1.83 bits per heavy atom. The Balaban J connectivity index is 1.75. The quantitative estimate of drug-likeness (QED) is 0.636. The lowest BCUT2D eigenvalue weighted by atomic mass is 10.2. The number of sulfonamides is 1. The Morgan fingerprint density at radius 3 is 2.43 bits per heavy atom. The number of amides is 2. The molecule has 3 rings (SSSR count). The van der Waals surface area contributed by atoms with Gasteiger partial charge < -0.3 is 5.32 Å². The second-order valence-corrected chi connectivity index (χ2v) is 9.94. The number of halogens is 2. The number of benzene rings is 2. The van der Waals surface area contributed by atoms with Crippen LogP contribution in [0.4, 0.5) is 10.1 Å². The minimum absolute atomic E-state index is 0.000181. The fourth-order valence-corrected chi connectivity index (χ4v) is 5.36. The molecular weight excluding hydrogens is 497 g/mol. The third-order valence-corrected chi connectivity index (χ3v) is 7.25. The Labute approximate surface area is 185 Å². The van der Waals surface area contributed by atoms with Crippen molar-refractivity contribution in [1.82, 2.24) is 4.90 Å². The van der Waals surface area contributed by atoms with Gasteiger partial charge in [-0.15, -0.1) is 4.40 Å². The Morgan fingerprint density at radius 1 is 1.20 bits per heavy atom. The predicted molar refractivity (Wildman–Crippen MR) is 117 cm³/mol. The second-order valence-electron chi connectivity index (χ2n) is 6.25. The lowest BCUT2D eigenvalue weighted by Gasteiger charge is -2.13. The van der Waals surface area contributed by atoms with Crippen LogP contribution in [0.1, 0.15) is 13.3 Å². The molecule has 0 radical (unpaired) electrons. The smallest absolute Gasteiger partial charge is 0.284 e. The number of carbonyl (C=O) groups excluding carboxylic acids is 2. The highest BCUT2D eigenvalue weighted by Crippen LogP contribution is 2.31. The maximum Gasteiger partial charge on any atom is 0.284 e. The van der Waals surface area contributed by atoms with E-state index < -0.39 is 27.0 Å². The summed E-state index contributed by atoms with van der Waals surface area (Å²) in [5.74, 6) is -1.26. The number of nitrogens with one attached hydrogen (secondary N) is 1. The van der Waals surface area contributed by atoms with Gasteiger partial charge in [-0.2, -0.15) is 8.42 Å². The van der Waals surface area contributed by atoms with E-state index in [1.807, 2.05) is 0 Å². The molecular formula is C19H17BrFN3O4S2. The molecule has 2 amide bonds. The minimum Gasteiger partial charge on any atom is -0.326 e. The third kappa shape index (κ3) is 5.27. The van der Waals surface area contributed by atoms with Gasteiger partial charge in [0, 0.05) is 23.1 Å². The first-order valence-electron chi connectivity index (χ1n) is 8.83. The summed E-state index contributed by atoms with van der Waals surface area (Å²) < 4.78 is 42.7. The van der Waals surface area contributed by atoms with Gasteiger partial charge in [0.2, 0.25) is 11.8 Å². The average Bonchev–Trinajstić information content (AvgIpc) is 2.97. The van der Waals surface area contributed by atoms with Gasteiger partial charge in [0.05, 0.1) is 4.90 Å². The molecule has 0 aromatic heterocycles. The van der Waals surface area contributed by atoms with Crippen molar-refractivity contribution in [3.8, 4) is 0 Å². The first-order chi connectivity index (χ1) is 14.2. The summed E-state index contributed by atoms with van der Waals surface area (Å²) in [6, 6.07) is 11.2. The maximum atomic E-state index is 13.0. The first-order valence-corrected chi connectivity index (χ1v) is 11.9. The minimum atomic E-state index is -4.02. The van der Waals surface area contributed by atoms with Crippen LogP contribution in [-0.2, 0) is 19.6 Å². The molecule has 2 aromatic carbocycles. The molecule has 7 nitrogen and oxygen atoms in total. The molecule has 158 valence electrons. The van der Waals surface area contributed by atoms with Crippen LogP contribution in [0.3, 0.4) is 0 Å². The lowest BCUT2D eigenvalue weighted by Crippen LogP contribution is -2.33. The Bertz CT molecular complexity index is 1090. The number of nitrogens with zero attached hydrogens (tertiary/aromatic N) is 2. The van der Waals surface area contributed by atoms with Crippen LogP contribution in [0.2, 0.25) is 0 Å². The fraction of sp³-hybridized carbons (Fsp3) is 0.211. The van der Waals surface area contributed by atoms with Crippen molar-refractivity contribution >= 4 is 60.4 Å². The standard InChI is InChI=1S/C19H17BrFN3O4S2/c1-2-24-18(26)16(11-17(25)22-14-7-5-13(21)6-8-14)29-19(24)23-30(27,28)15-9-3-12(20)4-10-15/h3-10,16H,2,11H2,1H3,(H,22,25). The summed E-state index contributed by atoms with van der Waals surface area (Å²) in [6.07, 6.45) is -0.172. The largest absolute Gasteiger partial charge is 0.326 e. The topological polar surface area (TPSA) is 95.9 Å². The van der Waals surface area contributed by atoms with E-state index in [0.29, 0.717) is 5.69 Å². The van der Waals surface area contributed by atoms with Crippen molar-refractivity contribution in [2.75, 3.05) is 11.9 Å². The van der Waals surface area contributed by atoms with Crippen molar-refractivity contribution in [3.05, 3.63) is 58.8 Å². The van der Waals surface area contributed by atoms with Crippen molar-refractivity contribution in [3.63, 3.8) is 0 Å². The first kappa shape index (κ1) is 22.4. The van der Waals surface area contributed by atoms with Gasteiger partial charge in [-0.1, -0.05) is 27.7 Å². The number of amidine groups is 1. The monoisotopic (exact) mass is 513 g/mol. The van der Waals surface area contributed by atoms with Crippen LogP contribution in [0.15, 0.2) is 62.3 Å². The molecule has 11 heteroatoms. The van der Waals surface area contributed by atoms with Crippen molar-refractivity contribution in [2.24, 2.45) is 4.40 Å². The predicted octanol–water partition coefficient (Wildman–Crippen LogP) is 3.63. The maximum absolute atomic E-state index is 13.0. The number of thioether (sulfide) groups is 1. The lowest BCUT2D eigenvalue weighted by molar-refractivity contribution is -0.128. The molecule has 1 saturated heterocycles. The molecule has 1 aliphatic heterocycles. The van der Waals surface area contributed by atoms with Gasteiger partial charge in [-0.25, -0.2) is 4.39 Å². The van der Waals surface area contributed by atoms with Crippen LogP contribution in [0.5, 0.6) is 0 Å². The highest BCUT2D eigenvalue weighted by Gasteiger charge is 2.39. The summed E-state index contributed by atoms with van der Waals surface area (Å²) in [7, 11) is -4.02. The molecule has 0 aliphatic carbocycles. The number of hydrogen-bond acceptors (Lipinski definition) is 5. The highest BCUT2D eigenvalue weighted by atomic mass is 79.9. The Kier molecular flexibility index (Phi) is 6.94. The Hall–Kier alpha value is -2.24. The van der Waals surface area contributed by atoms with Crippen LogP contribution in [-0.4, -0.2) is 42.1 Å². The summed E-state index contributed by atoms with van der Waals surface area (Å²) >= 11 is 4.18. The second kappa shape index (κ2) is 9.27. The van der Waals surface area contributed by atoms with Gasteiger partial charge in [0.15, 0.2) is 5.17 Å². The number of rotatable bonds is 6. The molecule has 0 spiro atoms. The van der Waals surface area contributed by atoms with Gasteiger partial charge in [0.25, 0.3) is 10.0 Å². The normalized spacial score (nSPS) is 18.1. The molecule has 0 saturated carbocycles. The van der Waals surface area contributed by atoms with Gasteiger partial charge in [-0.3, -0.25) is 14.5 Å². The zero-order chi connectivity index (χ0) is 21.9. The fourth-order valence-electron chi connectivity index (χ4n) is 2.68. The molecule has 2 aromatic rings. The highest BCUT2D eigenvalue weighted by molar-refractivity contribution is 9.10.